The molecule has 1 aromatic heterocycles. The van der Waals surface area contributed by atoms with E-state index in [-0.39, 0.29) is 11.7 Å². The second-order valence-corrected chi connectivity index (χ2v) is 8.90. The largest absolute Gasteiger partial charge is 0.480 e. The molecule has 2 aromatic rings. The maximum atomic E-state index is 13.4. The summed E-state index contributed by atoms with van der Waals surface area (Å²) in [6, 6.07) is 7.77. The molecule has 2 unspecified atom stereocenters. The van der Waals surface area contributed by atoms with Crippen LogP contribution in [0.25, 0.3) is 0 Å². The van der Waals surface area contributed by atoms with Crippen molar-refractivity contribution in [2.45, 2.75) is 56.8 Å². The van der Waals surface area contributed by atoms with Gasteiger partial charge in [-0.3, -0.25) is 9.69 Å². The lowest BCUT2D eigenvalue weighted by Gasteiger charge is -2.27. The molecule has 184 valence electrons. The zero-order chi connectivity index (χ0) is 24.1. The molecule has 6 nitrogen and oxygen atoms in total. The number of nitrogens with one attached hydrogen (secondary N) is 1. The molecule has 34 heavy (non-hydrogen) atoms. The smallest absolute Gasteiger partial charge is 0.416 e. The summed E-state index contributed by atoms with van der Waals surface area (Å²) in [5.74, 6) is -0.296. The van der Waals surface area contributed by atoms with Gasteiger partial charge in [-0.25, -0.2) is 4.98 Å². The number of hydrogen-bond acceptors (Lipinski definition) is 5. The van der Waals surface area contributed by atoms with Crippen molar-refractivity contribution >= 4 is 11.8 Å². The van der Waals surface area contributed by atoms with Crippen molar-refractivity contribution in [1.29, 1.82) is 0 Å². The lowest BCUT2D eigenvalue weighted by atomic mass is 9.99. The van der Waals surface area contributed by atoms with E-state index in [1.54, 1.807) is 4.90 Å². The van der Waals surface area contributed by atoms with E-state index in [9.17, 15) is 23.1 Å². The number of carboxylic acid groups (broad SMARTS) is 1. The number of benzene rings is 1. The monoisotopic (exact) mass is 477 g/mol. The van der Waals surface area contributed by atoms with E-state index >= 15 is 0 Å². The molecule has 0 aliphatic carbocycles. The Morgan fingerprint density at radius 2 is 2.06 bits per heavy atom. The normalized spacial score (nSPS) is 19.4. The highest BCUT2D eigenvalue weighted by molar-refractivity contribution is 5.76. The van der Waals surface area contributed by atoms with Crippen LogP contribution in [-0.2, 0) is 28.5 Å². The zero-order valence-electron chi connectivity index (χ0n) is 19.0. The Balaban J connectivity index is 1.26. The molecule has 0 spiro atoms. The molecular formula is C25H30F3N3O3. The lowest BCUT2D eigenvalue weighted by Crippen LogP contribution is -2.34. The molecule has 0 saturated carbocycles. The molecule has 0 radical (unpaired) electrons. The molecule has 1 fully saturated rings. The van der Waals surface area contributed by atoms with Crippen LogP contribution in [0.2, 0.25) is 0 Å². The first-order valence-corrected chi connectivity index (χ1v) is 11.8. The Bertz CT molecular complexity index is 999. The molecule has 1 saturated heterocycles. The number of rotatable bonds is 9. The average Bonchev–Trinajstić information content (AvgIpc) is 3.26. The molecule has 4 rings (SSSR count). The highest BCUT2D eigenvalue weighted by atomic mass is 19.4. The van der Waals surface area contributed by atoms with Crippen molar-refractivity contribution in [3.8, 4) is 0 Å². The van der Waals surface area contributed by atoms with Crippen molar-refractivity contribution in [2.75, 3.05) is 31.6 Å². The van der Waals surface area contributed by atoms with Gasteiger partial charge in [0.15, 0.2) is 0 Å². The summed E-state index contributed by atoms with van der Waals surface area (Å²) >= 11 is 0. The molecule has 1 aromatic carbocycles. The topological polar surface area (TPSA) is 74.7 Å². The Morgan fingerprint density at radius 1 is 1.24 bits per heavy atom. The molecule has 2 aliphatic rings. The van der Waals surface area contributed by atoms with Crippen LogP contribution in [0.1, 0.15) is 54.1 Å². The fourth-order valence-electron chi connectivity index (χ4n) is 4.77. The van der Waals surface area contributed by atoms with Crippen LogP contribution in [0.5, 0.6) is 0 Å². The molecule has 3 heterocycles. The molecular weight excluding hydrogens is 447 g/mol. The third kappa shape index (κ3) is 5.88. The van der Waals surface area contributed by atoms with Gasteiger partial charge in [-0.2, -0.15) is 13.2 Å². The number of halogens is 3. The number of unbranched alkanes of at least 4 members (excludes halogenated alkanes) is 1. The first-order valence-electron chi connectivity index (χ1n) is 11.8. The van der Waals surface area contributed by atoms with E-state index in [0.717, 1.165) is 56.2 Å². The van der Waals surface area contributed by atoms with Crippen LogP contribution >= 0.6 is 0 Å². The highest BCUT2D eigenvalue weighted by Gasteiger charge is 2.40. The number of nitrogens with zero attached hydrogens (tertiary/aromatic N) is 2. The minimum atomic E-state index is -4.61. The number of aliphatic carboxylic acids is 1. The van der Waals surface area contributed by atoms with Gasteiger partial charge in [0.1, 0.15) is 11.9 Å². The fourth-order valence-corrected chi connectivity index (χ4v) is 4.77. The minimum absolute atomic E-state index is 0.189. The van der Waals surface area contributed by atoms with E-state index < -0.39 is 23.8 Å². The number of aromatic nitrogens is 1. The molecule has 2 atom stereocenters. The maximum absolute atomic E-state index is 13.4. The van der Waals surface area contributed by atoms with Crippen LogP contribution in [0.15, 0.2) is 36.4 Å². The molecule has 9 heteroatoms. The Labute approximate surface area is 197 Å². The zero-order valence-corrected chi connectivity index (χ0v) is 19.0. The van der Waals surface area contributed by atoms with Gasteiger partial charge < -0.3 is 15.2 Å². The van der Waals surface area contributed by atoms with Gasteiger partial charge >= 0.3 is 12.1 Å². The van der Waals surface area contributed by atoms with E-state index in [4.69, 9.17) is 9.72 Å². The predicted octanol–water partition coefficient (Wildman–Crippen LogP) is 4.70. The summed E-state index contributed by atoms with van der Waals surface area (Å²) in [7, 11) is 0. The van der Waals surface area contributed by atoms with Crippen LogP contribution in [0, 0.1) is 0 Å². The molecule has 0 amide bonds. The maximum Gasteiger partial charge on any atom is 0.416 e. The van der Waals surface area contributed by atoms with Gasteiger partial charge in [-0.1, -0.05) is 24.3 Å². The number of pyridine rings is 1. The number of carbonyl (C=O) groups is 1. The quantitative estimate of drug-likeness (QED) is 0.510. The van der Waals surface area contributed by atoms with Gasteiger partial charge in [0, 0.05) is 31.9 Å². The standard InChI is InChI=1S/C25H30F3N3O3/c26-25(27,28)21-9-2-1-8-20(21)22(24(32)33)31-14-12-19(16-31)34-15-4-3-7-18-11-10-17-6-5-13-29-23(17)30-18/h1-2,8-11,19,22H,3-7,12-16H2,(H,29,30)(H,32,33). The van der Waals surface area contributed by atoms with Crippen LogP contribution in [-0.4, -0.2) is 53.3 Å². The van der Waals surface area contributed by atoms with Crippen molar-refractivity contribution in [2.24, 2.45) is 0 Å². The van der Waals surface area contributed by atoms with Gasteiger partial charge in [0.2, 0.25) is 0 Å². The summed E-state index contributed by atoms with van der Waals surface area (Å²) in [6.45, 7) is 2.15. The Morgan fingerprint density at radius 3 is 2.85 bits per heavy atom. The van der Waals surface area contributed by atoms with Crippen molar-refractivity contribution in [3.05, 3.63) is 58.8 Å². The van der Waals surface area contributed by atoms with Gasteiger partial charge in [-0.15, -0.1) is 0 Å². The van der Waals surface area contributed by atoms with E-state index in [2.05, 4.69) is 17.4 Å². The van der Waals surface area contributed by atoms with Crippen molar-refractivity contribution < 1.29 is 27.8 Å². The number of ether oxygens (including phenoxy) is 1. The average molecular weight is 478 g/mol. The summed E-state index contributed by atoms with van der Waals surface area (Å²) in [6.07, 6.45) is 0.591. The number of aryl methyl sites for hydroxylation is 2. The van der Waals surface area contributed by atoms with Crippen LogP contribution in [0.3, 0.4) is 0 Å². The SMILES string of the molecule is O=C(O)C(c1ccccc1C(F)(F)F)N1CCC(OCCCCc2ccc3c(n2)NCCC3)C1. The van der Waals surface area contributed by atoms with Gasteiger partial charge in [0.05, 0.1) is 11.7 Å². The number of likely N-dealkylation sites (tertiary alicyclic amines) is 1. The highest BCUT2D eigenvalue weighted by Crippen LogP contribution is 2.37. The number of carboxylic acids is 1. The summed E-state index contributed by atoms with van der Waals surface area (Å²) in [5, 5.41) is 13.1. The van der Waals surface area contributed by atoms with Crippen LogP contribution < -0.4 is 5.32 Å². The second kappa shape index (κ2) is 10.7. The number of fused-ring (bicyclic) bond motifs is 1. The molecule has 0 bridgehead atoms. The third-order valence-electron chi connectivity index (χ3n) is 6.47. The Hall–Kier alpha value is -2.65. The number of anilines is 1. The summed E-state index contributed by atoms with van der Waals surface area (Å²) in [5.41, 5.74) is 1.18. The van der Waals surface area contributed by atoms with Crippen molar-refractivity contribution in [1.82, 2.24) is 9.88 Å². The number of hydrogen-bond donors (Lipinski definition) is 2. The number of alkyl halides is 3. The fraction of sp³-hybridized carbons (Fsp3) is 0.520. The van der Waals surface area contributed by atoms with E-state index in [0.29, 0.717) is 26.1 Å². The first kappa shape index (κ1) is 24.5. The van der Waals surface area contributed by atoms with Crippen molar-refractivity contribution in [3.63, 3.8) is 0 Å². The van der Waals surface area contributed by atoms with E-state index in [1.165, 1.54) is 23.8 Å². The van der Waals surface area contributed by atoms with Gasteiger partial charge in [0.25, 0.3) is 0 Å². The van der Waals surface area contributed by atoms with Gasteiger partial charge in [-0.05, 0) is 61.8 Å². The third-order valence-corrected chi connectivity index (χ3v) is 6.47. The van der Waals surface area contributed by atoms with E-state index in [1.807, 2.05) is 0 Å². The first-order chi connectivity index (χ1) is 16.3. The predicted molar refractivity (Wildman–Crippen MR) is 122 cm³/mol. The minimum Gasteiger partial charge on any atom is -0.480 e. The summed E-state index contributed by atoms with van der Waals surface area (Å²) in [4.78, 5) is 18.2. The molecule has 2 aliphatic heterocycles. The summed E-state index contributed by atoms with van der Waals surface area (Å²) < 4.78 is 46.2. The molecule has 2 N–H and O–H groups in total. The Kier molecular flexibility index (Phi) is 7.73. The lowest BCUT2D eigenvalue weighted by molar-refractivity contribution is -0.145. The van der Waals surface area contributed by atoms with Crippen LogP contribution in [0.4, 0.5) is 19.0 Å². The second-order valence-electron chi connectivity index (χ2n) is 8.90.